The topological polar surface area (TPSA) is 61.4 Å². The molecular weight excluding hydrogens is 238 g/mol. The summed E-state index contributed by atoms with van der Waals surface area (Å²) < 4.78 is 26.7. The first kappa shape index (κ1) is 13.8. The molecule has 0 spiro atoms. The van der Waals surface area contributed by atoms with Crippen molar-refractivity contribution in [3.05, 3.63) is 24.3 Å². The van der Waals surface area contributed by atoms with E-state index in [0.717, 1.165) is 23.0 Å². The third kappa shape index (κ3) is 4.24. The molecule has 17 heavy (non-hydrogen) atoms. The van der Waals surface area contributed by atoms with Crippen LogP contribution in [0.3, 0.4) is 0 Å². The van der Waals surface area contributed by atoms with Crippen LogP contribution in [0.1, 0.15) is 13.3 Å². The quantitative estimate of drug-likeness (QED) is 0.816. The highest BCUT2D eigenvalue weighted by Crippen LogP contribution is 2.15. The Balaban J connectivity index is 2.69. The van der Waals surface area contributed by atoms with E-state index in [1.165, 1.54) is 14.1 Å². The third-order valence-corrected chi connectivity index (χ3v) is 3.65. The van der Waals surface area contributed by atoms with Crippen LogP contribution in [-0.4, -0.2) is 33.4 Å². The average Bonchev–Trinajstić information content (AvgIpc) is 2.27. The van der Waals surface area contributed by atoms with Crippen LogP contribution in [-0.2, 0) is 10.2 Å². The first-order chi connectivity index (χ1) is 7.95. The largest absolute Gasteiger partial charge is 0.385 e. The lowest BCUT2D eigenvalue weighted by molar-refractivity contribution is 0.527. The summed E-state index contributed by atoms with van der Waals surface area (Å²) in [5, 5.41) is 3.22. The Morgan fingerprint density at radius 1 is 1.12 bits per heavy atom. The van der Waals surface area contributed by atoms with Gasteiger partial charge in [0, 0.05) is 32.0 Å². The Bertz CT molecular complexity index is 440. The summed E-state index contributed by atoms with van der Waals surface area (Å²) >= 11 is 0. The van der Waals surface area contributed by atoms with E-state index >= 15 is 0 Å². The molecule has 1 rings (SSSR count). The molecule has 0 aliphatic rings. The lowest BCUT2D eigenvalue weighted by atomic mass is 10.3. The van der Waals surface area contributed by atoms with Crippen LogP contribution in [0.2, 0.25) is 0 Å². The molecule has 0 radical (unpaired) electrons. The fraction of sp³-hybridized carbons (Fsp3) is 0.455. The molecule has 2 N–H and O–H groups in total. The Hall–Kier alpha value is -1.27. The molecule has 1 aromatic rings. The van der Waals surface area contributed by atoms with Crippen molar-refractivity contribution in [3.63, 3.8) is 0 Å². The molecule has 5 nitrogen and oxygen atoms in total. The van der Waals surface area contributed by atoms with Gasteiger partial charge in [-0.1, -0.05) is 6.92 Å². The van der Waals surface area contributed by atoms with Crippen molar-refractivity contribution in [1.82, 2.24) is 4.31 Å². The summed E-state index contributed by atoms with van der Waals surface area (Å²) in [4.78, 5) is 0. The summed E-state index contributed by atoms with van der Waals surface area (Å²) in [6.07, 6.45) is 1.05. The van der Waals surface area contributed by atoms with Crippen molar-refractivity contribution in [1.29, 1.82) is 0 Å². The van der Waals surface area contributed by atoms with Gasteiger partial charge in [0.1, 0.15) is 0 Å². The van der Waals surface area contributed by atoms with E-state index in [-0.39, 0.29) is 0 Å². The van der Waals surface area contributed by atoms with Crippen LogP contribution >= 0.6 is 0 Å². The van der Waals surface area contributed by atoms with E-state index in [0.29, 0.717) is 5.69 Å². The second-order valence-electron chi connectivity index (χ2n) is 3.89. The highest BCUT2D eigenvalue weighted by Gasteiger charge is 2.12. The second kappa shape index (κ2) is 5.88. The highest BCUT2D eigenvalue weighted by atomic mass is 32.2. The van der Waals surface area contributed by atoms with Crippen molar-refractivity contribution in [2.75, 3.05) is 30.7 Å². The number of benzene rings is 1. The molecule has 0 unspecified atom stereocenters. The molecule has 0 fully saturated rings. The Labute approximate surface area is 103 Å². The zero-order valence-corrected chi connectivity index (χ0v) is 11.2. The monoisotopic (exact) mass is 257 g/mol. The summed E-state index contributed by atoms with van der Waals surface area (Å²) in [7, 11) is -0.447. The molecule has 96 valence electrons. The van der Waals surface area contributed by atoms with Gasteiger partial charge in [0.25, 0.3) is 0 Å². The van der Waals surface area contributed by atoms with E-state index in [1.807, 2.05) is 12.1 Å². The van der Waals surface area contributed by atoms with Gasteiger partial charge in [-0.2, -0.15) is 12.7 Å². The maximum Gasteiger partial charge on any atom is 0.301 e. The first-order valence-electron chi connectivity index (χ1n) is 5.50. The van der Waals surface area contributed by atoms with Gasteiger partial charge < -0.3 is 5.32 Å². The van der Waals surface area contributed by atoms with Gasteiger partial charge in [-0.25, -0.2) is 0 Å². The molecule has 0 aromatic heterocycles. The molecule has 0 heterocycles. The Kier molecular flexibility index (Phi) is 4.77. The van der Waals surface area contributed by atoms with Crippen LogP contribution in [0, 0.1) is 0 Å². The molecule has 0 aliphatic heterocycles. The molecule has 0 saturated heterocycles. The molecule has 0 saturated carbocycles. The Morgan fingerprint density at radius 2 is 1.65 bits per heavy atom. The molecule has 6 heteroatoms. The highest BCUT2D eigenvalue weighted by molar-refractivity contribution is 7.90. The van der Waals surface area contributed by atoms with Crippen molar-refractivity contribution >= 4 is 21.6 Å². The fourth-order valence-electron chi connectivity index (χ4n) is 1.17. The SMILES string of the molecule is CCCNc1ccc(NS(=O)(=O)N(C)C)cc1. The molecule has 0 amide bonds. The zero-order chi connectivity index (χ0) is 12.9. The van der Waals surface area contributed by atoms with Crippen molar-refractivity contribution in [3.8, 4) is 0 Å². The third-order valence-electron chi connectivity index (χ3n) is 2.19. The van der Waals surface area contributed by atoms with Gasteiger partial charge in [0.05, 0.1) is 0 Å². The van der Waals surface area contributed by atoms with Crippen molar-refractivity contribution in [2.24, 2.45) is 0 Å². The predicted octanol–water partition coefficient (Wildman–Crippen LogP) is 1.73. The number of hydrogen-bond donors (Lipinski definition) is 2. The van der Waals surface area contributed by atoms with Crippen LogP contribution < -0.4 is 10.0 Å². The molecule has 0 aliphatic carbocycles. The molecule has 1 aromatic carbocycles. The smallest absolute Gasteiger partial charge is 0.301 e. The van der Waals surface area contributed by atoms with Gasteiger partial charge in [-0.15, -0.1) is 0 Å². The number of nitrogens with one attached hydrogen (secondary N) is 2. The first-order valence-corrected chi connectivity index (χ1v) is 6.94. The van der Waals surface area contributed by atoms with E-state index in [1.54, 1.807) is 12.1 Å². The van der Waals surface area contributed by atoms with Crippen molar-refractivity contribution in [2.45, 2.75) is 13.3 Å². The van der Waals surface area contributed by atoms with Crippen LogP contribution in [0.4, 0.5) is 11.4 Å². The van der Waals surface area contributed by atoms with Crippen LogP contribution in [0.15, 0.2) is 24.3 Å². The standard InChI is InChI=1S/C11H19N3O2S/c1-4-9-12-10-5-7-11(8-6-10)13-17(15,16)14(2)3/h5-8,12-13H,4,9H2,1-3H3. The van der Waals surface area contributed by atoms with Gasteiger partial charge in [0.15, 0.2) is 0 Å². The molecular formula is C11H19N3O2S. The number of rotatable bonds is 6. The lowest BCUT2D eigenvalue weighted by Gasteiger charge is -2.13. The van der Waals surface area contributed by atoms with Gasteiger partial charge in [0.2, 0.25) is 0 Å². The predicted molar refractivity (Wildman–Crippen MR) is 71.5 cm³/mol. The minimum atomic E-state index is -3.42. The van der Waals surface area contributed by atoms with Gasteiger partial charge >= 0.3 is 10.2 Å². The summed E-state index contributed by atoms with van der Waals surface area (Å²) in [5.74, 6) is 0. The van der Waals surface area contributed by atoms with Gasteiger partial charge in [-0.05, 0) is 30.7 Å². The zero-order valence-electron chi connectivity index (χ0n) is 10.4. The van der Waals surface area contributed by atoms with E-state index in [2.05, 4.69) is 17.0 Å². The van der Waals surface area contributed by atoms with Crippen LogP contribution in [0.5, 0.6) is 0 Å². The Morgan fingerprint density at radius 3 is 2.12 bits per heavy atom. The summed E-state index contributed by atoms with van der Waals surface area (Å²) in [6, 6.07) is 7.17. The van der Waals surface area contributed by atoms with E-state index in [9.17, 15) is 8.42 Å². The maximum absolute atomic E-state index is 11.6. The fourth-order valence-corrected chi connectivity index (χ4v) is 1.78. The minimum absolute atomic E-state index is 0.556. The minimum Gasteiger partial charge on any atom is -0.385 e. The van der Waals surface area contributed by atoms with Crippen molar-refractivity contribution < 1.29 is 8.42 Å². The van der Waals surface area contributed by atoms with Crippen LogP contribution in [0.25, 0.3) is 0 Å². The van der Waals surface area contributed by atoms with E-state index in [4.69, 9.17) is 0 Å². The lowest BCUT2D eigenvalue weighted by Crippen LogP contribution is -2.28. The maximum atomic E-state index is 11.6. The molecule has 0 bridgehead atoms. The number of anilines is 2. The number of hydrogen-bond acceptors (Lipinski definition) is 3. The summed E-state index contributed by atoms with van der Waals surface area (Å²) in [5.41, 5.74) is 1.54. The molecule has 0 atom stereocenters. The average molecular weight is 257 g/mol. The number of nitrogens with zero attached hydrogens (tertiary/aromatic N) is 1. The van der Waals surface area contributed by atoms with E-state index < -0.39 is 10.2 Å². The second-order valence-corrected chi connectivity index (χ2v) is 5.78. The summed E-state index contributed by atoms with van der Waals surface area (Å²) in [6.45, 7) is 3.00. The normalized spacial score (nSPS) is 11.5. The van der Waals surface area contributed by atoms with Gasteiger partial charge in [-0.3, -0.25) is 4.72 Å².